The average molecular weight is 172 g/mol. The first kappa shape index (κ1) is 9.52. The van der Waals surface area contributed by atoms with Crippen molar-refractivity contribution in [3.8, 4) is 0 Å². The summed E-state index contributed by atoms with van der Waals surface area (Å²) in [5, 5.41) is 8.91. The van der Waals surface area contributed by atoms with Crippen LogP contribution in [0, 0.1) is 17.8 Å². The molecule has 0 aromatic carbocycles. The van der Waals surface area contributed by atoms with E-state index in [9.17, 15) is 4.79 Å². The van der Waals surface area contributed by atoms with Gasteiger partial charge in [-0.1, -0.05) is 20.8 Å². The van der Waals surface area contributed by atoms with Gasteiger partial charge >= 0.3 is 5.97 Å². The minimum absolute atomic E-state index is 0.0188. The number of hydrogen-bond donors (Lipinski definition) is 1. The van der Waals surface area contributed by atoms with Gasteiger partial charge in [-0.25, -0.2) is 0 Å². The molecule has 1 N–H and O–H groups in total. The highest BCUT2D eigenvalue weighted by Gasteiger charge is 2.42. The zero-order valence-electron chi connectivity index (χ0n) is 7.78. The lowest BCUT2D eigenvalue weighted by molar-refractivity contribution is -0.146. The summed E-state index contributed by atoms with van der Waals surface area (Å²) in [6, 6.07) is 0. The summed E-state index contributed by atoms with van der Waals surface area (Å²) in [6.07, 6.45) is -0.0188. The molecule has 0 amide bonds. The molecular weight excluding hydrogens is 156 g/mol. The highest BCUT2D eigenvalue weighted by molar-refractivity contribution is 5.75. The summed E-state index contributed by atoms with van der Waals surface area (Å²) in [4.78, 5) is 11.1. The Morgan fingerprint density at radius 1 is 1.58 bits per heavy atom. The van der Waals surface area contributed by atoms with E-state index in [0.29, 0.717) is 5.92 Å². The Kier molecular flexibility index (Phi) is 2.73. The first-order chi connectivity index (χ1) is 5.57. The molecule has 0 saturated carbocycles. The summed E-state index contributed by atoms with van der Waals surface area (Å²) in [5.41, 5.74) is 0. The van der Waals surface area contributed by atoms with Gasteiger partial charge in [-0.2, -0.15) is 0 Å². The summed E-state index contributed by atoms with van der Waals surface area (Å²) in [5.74, 6) is -0.0795. The maximum atomic E-state index is 11.1. The molecule has 1 aliphatic heterocycles. The molecule has 1 rings (SSSR count). The summed E-state index contributed by atoms with van der Waals surface area (Å²) in [7, 11) is 0. The van der Waals surface area contributed by atoms with Crippen LogP contribution in [0.2, 0.25) is 0 Å². The van der Waals surface area contributed by atoms with Gasteiger partial charge in [0.1, 0.15) is 6.10 Å². The van der Waals surface area contributed by atoms with Crippen LogP contribution in [0.3, 0.4) is 0 Å². The Morgan fingerprint density at radius 3 is 2.42 bits per heavy atom. The SMILES string of the molecule is CC(C)[C@H]1OC(=O)[C@H](CO)[C@H]1C. The third-order valence-corrected chi connectivity index (χ3v) is 2.56. The molecule has 70 valence electrons. The van der Waals surface area contributed by atoms with E-state index >= 15 is 0 Å². The molecule has 0 aliphatic carbocycles. The normalized spacial score (nSPS) is 35.8. The lowest BCUT2D eigenvalue weighted by atomic mass is 9.88. The maximum Gasteiger partial charge on any atom is 0.311 e. The van der Waals surface area contributed by atoms with Crippen molar-refractivity contribution < 1.29 is 14.6 Å². The van der Waals surface area contributed by atoms with Crippen molar-refractivity contribution >= 4 is 5.97 Å². The van der Waals surface area contributed by atoms with Crippen molar-refractivity contribution in [1.29, 1.82) is 0 Å². The van der Waals surface area contributed by atoms with E-state index in [4.69, 9.17) is 9.84 Å². The molecule has 3 heteroatoms. The van der Waals surface area contributed by atoms with Gasteiger partial charge in [0.25, 0.3) is 0 Å². The van der Waals surface area contributed by atoms with Crippen LogP contribution >= 0.6 is 0 Å². The van der Waals surface area contributed by atoms with Crippen molar-refractivity contribution in [2.45, 2.75) is 26.9 Å². The third-order valence-electron chi connectivity index (χ3n) is 2.56. The second-order valence-electron chi connectivity index (χ2n) is 3.79. The van der Waals surface area contributed by atoms with Crippen molar-refractivity contribution in [2.24, 2.45) is 17.8 Å². The van der Waals surface area contributed by atoms with Crippen LogP contribution in [-0.2, 0) is 9.53 Å². The lowest BCUT2D eigenvalue weighted by Gasteiger charge is -2.18. The molecule has 12 heavy (non-hydrogen) atoms. The van der Waals surface area contributed by atoms with Gasteiger partial charge < -0.3 is 9.84 Å². The van der Waals surface area contributed by atoms with Crippen molar-refractivity contribution in [1.82, 2.24) is 0 Å². The number of esters is 1. The summed E-state index contributed by atoms with van der Waals surface area (Å²) >= 11 is 0. The molecule has 1 heterocycles. The van der Waals surface area contributed by atoms with Crippen LogP contribution in [0.25, 0.3) is 0 Å². The summed E-state index contributed by atoms with van der Waals surface area (Å²) < 4.78 is 5.14. The van der Waals surface area contributed by atoms with Gasteiger partial charge in [-0.05, 0) is 5.92 Å². The first-order valence-electron chi connectivity index (χ1n) is 4.39. The standard InChI is InChI=1S/C9H16O3/c1-5(2)8-6(3)7(4-10)9(11)12-8/h5-8,10H,4H2,1-3H3/t6-,7-,8-/m1/s1. The van der Waals surface area contributed by atoms with Crippen LogP contribution in [0.4, 0.5) is 0 Å². The van der Waals surface area contributed by atoms with Crippen LogP contribution < -0.4 is 0 Å². The van der Waals surface area contributed by atoms with E-state index in [0.717, 1.165) is 0 Å². The Bertz CT molecular complexity index is 177. The van der Waals surface area contributed by atoms with Gasteiger partial charge in [-0.15, -0.1) is 0 Å². The molecular formula is C9H16O3. The van der Waals surface area contributed by atoms with Crippen LogP contribution in [0.15, 0.2) is 0 Å². The molecule has 1 aliphatic rings. The van der Waals surface area contributed by atoms with Crippen LogP contribution in [0.5, 0.6) is 0 Å². The molecule has 3 atom stereocenters. The molecule has 0 bridgehead atoms. The molecule has 0 unspecified atom stereocenters. The molecule has 0 aromatic heterocycles. The number of hydrogen-bond acceptors (Lipinski definition) is 3. The minimum atomic E-state index is -0.308. The van der Waals surface area contributed by atoms with E-state index < -0.39 is 0 Å². The fourth-order valence-corrected chi connectivity index (χ4v) is 1.76. The predicted octanol–water partition coefficient (Wildman–Crippen LogP) is 0.812. The Balaban J connectivity index is 2.68. The number of rotatable bonds is 2. The zero-order valence-corrected chi connectivity index (χ0v) is 7.78. The average Bonchev–Trinajstić information content (AvgIpc) is 2.27. The second-order valence-corrected chi connectivity index (χ2v) is 3.79. The van der Waals surface area contributed by atoms with Gasteiger partial charge in [-0.3, -0.25) is 4.79 Å². The number of carbonyl (C=O) groups excluding carboxylic acids is 1. The minimum Gasteiger partial charge on any atom is -0.461 e. The van der Waals surface area contributed by atoms with Crippen LogP contribution in [0.1, 0.15) is 20.8 Å². The van der Waals surface area contributed by atoms with E-state index in [2.05, 4.69) is 0 Å². The van der Waals surface area contributed by atoms with Crippen LogP contribution in [-0.4, -0.2) is 23.8 Å². The molecule has 3 nitrogen and oxygen atoms in total. The number of carbonyl (C=O) groups is 1. The quantitative estimate of drug-likeness (QED) is 0.627. The third kappa shape index (κ3) is 1.46. The second kappa shape index (κ2) is 3.44. The van der Waals surface area contributed by atoms with Crippen molar-refractivity contribution in [3.05, 3.63) is 0 Å². The van der Waals surface area contributed by atoms with E-state index in [1.165, 1.54) is 0 Å². The molecule has 0 radical (unpaired) electrons. The van der Waals surface area contributed by atoms with Gasteiger partial charge in [0.05, 0.1) is 12.5 Å². The monoisotopic (exact) mass is 172 g/mol. The number of cyclic esters (lactones) is 1. The Hall–Kier alpha value is -0.570. The number of aliphatic hydroxyl groups is 1. The largest absolute Gasteiger partial charge is 0.461 e. The summed E-state index contributed by atoms with van der Waals surface area (Å²) in [6.45, 7) is 5.90. The fourth-order valence-electron chi connectivity index (χ4n) is 1.76. The molecule has 1 fully saturated rings. The molecule has 0 spiro atoms. The van der Waals surface area contributed by atoms with Gasteiger partial charge in [0.2, 0.25) is 0 Å². The van der Waals surface area contributed by atoms with Crippen molar-refractivity contribution in [3.63, 3.8) is 0 Å². The van der Waals surface area contributed by atoms with E-state index in [-0.39, 0.29) is 30.5 Å². The highest BCUT2D eigenvalue weighted by Crippen LogP contribution is 2.31. The van der Waals surface area contributed by atoms with Gasteiger partial charge in [0, 0.05) is 5.92 Å². The van der Waals surface area contributed by atoms with E-state index in [1.54, 1.807) is 0 Å². The van der Waals surface area contributed by atoms with Crippen molar-refractivity contribution in [2.75, 3.05) is 6.61 Å². The molecule has 0 aromatic rings. The smallest absolute Gasteiger partial charge is 0.311 e. The van der Waals surface area contributed by atoms with Gasteiger partial charge in [0.15, 0.2) is 0 Å². The number of aliphatic hydroxyl groups excluding tert-OH is 1. The molecule has 1 saturated heterocycles. The zero-order chi connectivity index (χ0) is 9.30. The Morgan fingerprint density at radius 2 is 2.17 bits per heavy atom. The first-order valence-corrected chi connectivity index (χ1v) is 4.39. The number of ether oxygens (including phenoxy) is 1. The fraction of sp³-hybridized carbons (Fsp3) is 0.889. The predicted molar refractivity (Wildman–Crippen MR) is 44.5 cm³/mol. The maximum absolute atomic E-state index is 11.1. The Labute approximate surface area is 72.7 Å². The van der Waals surface area contributed by atoms with E-state index in [1.807, 2.05) is 20.8 Å². The lowest BCUT2D eigenvalue weighted by Crippen LogP contribution is -2.24. The highest BCUT2D eigenvalue weighted by atomic mass is 16.6. The topological polar surface area (TPSA) is 46.5 Å².